The SMILES string of the molecule is CCS(=O)(=O)N1CCN2C[C@H](OCc3cccnc3)C[C@@H]2C1. The van der Waals surface area contributed by atoms with E-state index in [2.05, 4.69) is 9.88 Å². The van der Waals surface area contributed by atoms with Crippen molar-refractivity contribution in [3.8, 4) is 0 Å². The predicted molar refractivity (Wildman–Crippen MR) is 83.8 cm³/mol. The second-order valence-corrected chi connectivity index (χ2v) is 8.19. The first-order chi connectivity index (χ1) is 10.6. The molecule has 0 bridgehead atoms. The minimum Gasteiger partial charge on any atom is -0.372 e. The molecule has 22 heavy (non-hydrogen) atoms. The van der Waals surface area contributed by atoms with Gasteiger partial charge in [0, 0.05) is 44.6 Å². The van der Waals surface area contributed by atoms with Crippen LogP contribution in [0.15, 0.2) is 24.5 Å². The van der Waals surface area contributed by atoms with Crippen molar-refractivity contribution in [2.24, 2.45) is 0 Å². The van der Waals surface area contributed by atoms with Gasteiger partial charge in [-0.3, -0.25) is 9.88 Å². The van der Waals surface area contributed by atoms with E-state index in [4.69, 9.17) is 4.74 Å². The lowest BCUT2D eigenvalue weighted by molar-refractivity contribution is 0.0465. The summed E-state index contributed by atoms with van der Waals surface area (Å²) in [7, 11) is -3.08. The van der Waals surface area contributed by atoms with Gasteiger partial charge in [0.25, 0.3) is 0 Å². The first-order valence-electron chi connectivity index (χ1n) is 7.81. The molecule has 0 unspecified atom stereocenters. The van der Waals surface area contributed by atoms with Crippen LogP contribution in [0.1, 0.15) is 18.9 Å². The van der Waals surface area contributed by atoms with E-state index in [-0.39, 0.29) is 17.9 Å². The molecule has 2 fully saturated rings. The summed E-state index contributed by atoms with van der Waals surface area (Å²) in [5.74, 6) is 0.181. The smallest absolute Gasteiger partial charge is 0.213 e. The summed E-state index contributed by atoms with van der Waals surface area (Å²) in [6, 6.07) is 4.20. The zero-order chi connectivity index (χ0) is 15.6. The van der Waals surface area contributed by atoms with E-state index in [1.807, 2.05) is 18.3 Å². The first kappa shape index (κ1) is 15.9. The summed E-state index contributed by atoms with van der Waals surface area (Å²) in [5, 5.41) is 0. The van der Waals surface area contributed by atoms with Crippen molar-refractivity contribution in [3.05, 3.63) is 30.1 Å². The summed E-state index contributed by atoms with van der Waals surface area (Å²) < 4.78 is 31.6. The summed E-state index contributed by atoms with van der Waals surface area (Å²) in [6.07, 6.45) is 4.64. The molecule has 0 saturated carbocycles. The molecule has 7 heteroatoms. The Kier molecular flexibility index (Phi) is 4.77. The number of fused-ring (bicyclic) bond motifs is 1. The van der Waals surface area contributed by atoms with E-state index in [1.165, 1.54) is 0 Å². The molecule has 2 atom stereocenters. The second kappa shape index (κ2) is 6.62. The van der Waals surface area contributed by atoms with Gasteiger partial charge >= 0.3 is 0 Å². The molecule has 2 aliphatic heterocycles. The van der Waals surface area contributed by atoms with Gasteiger partial charge in [0.2, 0.25) is 10.0 Å². The molecule has 2 saturated heterocycles. The lowest BCUT2D eigenvalue weighted by atomic mass is 10.1. The van der Waals surface area contributed by atoms with E-state index in [9.17, 15) is 8.42 Å². The molecule has 1 aromatic rings. The first-order valence-corrected chi connectivity index (χ1v) is 9.42. The molecule has 0 spiro atoms. The molecule has 122 valence electrons. The number of nitrogens with zero attached hydrogens (tertiary/aromatic N) is 3. The lowest BCUT2D eigenvalue weighted by Gasteiger charge is -2.36. The maximum absolute atomic E-state index is 12.0. The summed E-state index contributed by atoms with van der Waals surface area (Å²) in [6.45, 7) is 5.17. The zero-order valence-corrected chi connectivity index (χ0v) is 13.7. The van der Waals surface area contributed by atoms with E-state index >= 15 is 0 Å². The highest BCUT2D eigenvalue weighted by Crippen LogP contribution is 2.26. The number of pyridine rings is 1. The molecular weight excluding hydrogens is 302 g/mol. The van der Waals surface area contributed by atoms with E-state index in [1.54, 1.807) is 17.4 Å². The Morgan fingerprint density at radius 2 is 2.23 bits per heavy atom. The van der Waals surface area contributed by atoms with Crippen LogP contribution in [0.25, 0.3) is 0 Å². The Morgan fingerprint density at radius 1 is 1.36 bits per heavy atom. The largest absolute Gasteiger partial charge is 0.372 e. The average molecular weight is 325 g/mol. The van der Waals surface area contributed by atoms with Gasteiger partial charge in [-0.15, -0.1) is 0 Å². The fourth-order valence-corrected chi connectivity index (χ4v) is 4.35. The topological polar surface area (TPSA) is 62.7 Å². The highest BCUT2D eigenvalue weighted by atomic mass is 32.2. The molecule has 0 aromatic carbocycles. The van der Waals surface area contributed by atoms with Crippen LogP contribution in [0.3, 0.4) is 0 Å². The van der Waals surface area contributed by atoms with Crippen LogP contribution in [0, 0.1) is 0 Å². The summed E-state index contributed by atoms with van der Waals surface area (Å²) in [5.41, 5.74) is 1.07. The number of sulfonamides is 1. The van der Waals surface area contributed by atoms with Crippen molar-refractivity contribution in [2.75, 3.05) is 31.9 Å². The van der Waals surface area contributed by atoms with Gasteiger partial charge in [-0.25, -0.2) is 8.42 Å². The maximum Gasteiger partial charge on any atom is 0.213 e. The number of piperazine rings is 1. The van der Waals surface area contributed by atoms with Gasteiger partial charge in [-0.05, 0) is 25.0 Å². The van der Waals surface area contributed by atoms with Crippen LogP contribution in [0.2, 0.25) is 0 Å². The Bertz CT molecular complexity index is 593. The van der Waals surface area contributed by atoms with Crippen molar-refractivity contribution in [2.45, 2.75) is 32.1 Å². The highest BCUT2D eigenvalue weighted by Gasteiger charge is 2.39. The molecule has 6 nitrogen and oxygen atoms in total. The molecule has 3 heterocycles. The highest BCUT2D eigenvalue weighted by molar-refractivity contribution is 7.89. The molecule has 0 radical (unpaired) electrons. The van der Waals surface area contributed by atoms with E-state index in [0.29, 0.717) is 19.7 Å². The van der Waals surface area contributed by atoms with Gasteiger partial charge in [0.05, 0.1) is 18.5 Å². The molecule has 0 aliphatic carbocycles. The Labute approximate surface area is 132 Å². The molecule has 3 rings (SSSR count). The number of hydrogen-bond donors (Lipinski definition) is 0. The monoisotopic (exact) mass is 325 g/mol. The maximum atomic E-state index is 12.0. The van der Waals surface area contributed by atoms with Crippen molar-refractivity contribution >= 4 is 10.0 Å². The van der Waals surface area contributed by atoms with Gasteiger partial charge in [0.15, 0.2) is 0 Å². The Hall–Kier alpha value is -1.02. The third-order valence-electron chi connectivity index (χ3n) is 4.51. The minimum absolute atomic E-state index is 0.175. The predicted octanol–water partition coefficient (Wildman–Crippen LogP) is 0.706. The molecule has 1 aromatic heterocycles. The molecule has 0 N–H and O–H groups in total. The van der Waals surface area contributed by atoms with Crippen LogP contribution >= 0.6 is 0 Å². The van der Waals surface area contributed by atoms with Crippen LogP contribution in [0.5, 0.6) is 0 Å². The van der Waals surface area contributed by atoms with Crippen molar-refractivity contribution in [3.63, 3.8) is 0 Å². The minimum atomic E-state index is -3.08. The van der Waals surface area contributed by atoms with Crippen molar-refractivity contribution in [1.82, 2.24) is 14.2 Å². The fraction of sp³-hybridized carbons (Fsp3) is 0.667. The fourth-order valence-electron chi connectivity index (χ4n) is 3.22. The number of aromatic nitrogens is 1. The lowest BCUT2D eigenvalue weighted by Crippen LogP contribution is -2.52. The Balaban J connectivity index is 1.54. The van der Waals surface area contributed by atoms with Crippen LogP contribution in [-0.2, 0) is 21.4 Å². The normalized spacial score (nSPS) is 27.0. The number of ether oxygens (including phenoxy) is 1. The Morgan fingerprint density at radius 3 is 2.95 bits per heavy atom. The summed E-state index contributed by atoms with van der Waals surface area (Å²) in [4.78, 5) is 6.44. The average Bonchev–Trinajstić information content (AvgIpc) is 2.96. The molecular formula is C15H23N3O3S. The van der Waals surface area contributed by atoms with E-state index < -0.39 is 10.0 Å². The van der Waals surface area contributed by atoms with Crippen LogP contribution < -0.4 is 0 Å². The van der Waals surface area contributed by atoms with Crippen molar-refractivity contribution < 1.29 is 13.2 Å². The standard InChI is InChI=1S/C15H23N3O3S/c1-2-22(19,20)18-7-6-17-11-15(8-14(17)10-18)21-12-13-4-3-5-16-9-13/h3-5,9,14-15H,2,6-8,10-12H2,1H3/t14-,15-/m1/s1. The van der Waals surface area contributed by atoms with E-state index in [0.717, 1.165) is 25.1 Å². The number of rotatable bonds is 5. The molecule has 0 amide bonds. The van der Waals surface area contributed by atoms with Gasteiger partial charge < -0.3 is 4.74 Å². The van der Waals surface area contributed by atoms with Crippen LogP contribution in [0.4, 0.5) is 0 Å². The van der Waals surface area contributed by atoms with Crippen LogP contribution in [-0.4, -0.2) is 66.7 Å². The third-order valence-corrected chi connectivity index (χ3v) is 6.36. The second-order valence-electron chi connectivity index (χ2n) is 5.94. The third kappa shape index (κ3) is 3.48. The van der Waals surface area contributed by atoms with Gasteiger partial charge in [-0.2, -0.15) is 4.31 Å². The van der Waals surface area contributed by atoms with Gasteiger partial charge in [-0.1, -0.05) is 6.07 Å². The zero-order valence-electron chi connectivity index (χ0n) is 12.9. The van der Waals surface area contributed by atoms with Crippen molar-refractivity contribution in [1.29, 1.82) is 0 Å². The van der Waals surface area contributed by atoms with Gasteiger partial charge in [0.1, 0.15) is 0 Å². The quantitative estimate of drug-likeness (QED) is 0.798. The summed E-state index contributed by atoms with van der Waals surface area (Å²) >= 11 is 0. The number of hydrogen-bond acceptors (Lipinski definition) is 5. The molecule has 2 aliphatic rings.